The van der Waals surface area contributed by atoms with Gasteiger partial charge in [0, 0.05) is 44.5 Å². The van der Waals surface area contributed by atoms with E-state index >= 15 is 0 Å². The van der Waals surface area contributed by atoms with Crippen molar-refractivity contribution in [3.8, 4) is 5.75 Å². The minimum atomic E-state index is 0.556. The summed E-state index contributed by atoms with van der Waals surface area (Å²) in [5, 5.41) is 0. The molecule has 2 heterocycles. The lowest BCUT2D eigenvalue weighted by Crippen LogP contribution is -2.45. The van der Waals surface area contributed by atoms with Gasteiger partial charge in [0.2, 0.25) is 0 Å². The van der Waals surface area contributed by atoms with E-state index in [2.05, 4.69) is 26.9 Å². The van der Waals surface area contributed by atoms with E-state index in [1.165, 1.54) is 5.69 Å². The normalized spacial score (nSPS) is 22.5. The Bertz CT molecular complexity index is 543. The second-order valence-electron chi connectivity index (χ2n) is 6.10. The molecule has 6 nitrogen and oxygen atoms in total. The molecule has 1 unspecified atom stereocenters. The summed E-state index contributed by atoms with van der Waals surface area (Å²) in [4.78, 5) is 9.11. The quantitative estimate of drug-likeness (QED) is 0.667. The van der Waals surface area contributed by atoms with Crippen molar-refractivity contribution >= 4 is 11.6 Å². The van der Waals surface area contributed by atoms with Crippen LogP contribution in [0.15, 0.2) is 29.3 Å². The number of nitrogens with zero attached hydrogens (tertiary/aromatic N) is 3. The maximum atomic E-state index is 6.10. The lowest BCUT2D eigenvalue weighted by molar-refractivity contribution is 0.0674. The molecule has 2 aliphatic heterocycles. The van der Waals surface area contributed by atoms with E-state index in [1.807, 2.05) is 12.1 Å². The monoisotopic (exact) mass is 318 g/mol. The van der Waals surface area contributed by atoms with Crippen LogP contribution < -0.4 is 15.4 Å². The van der Waals surface area contributed by atoms with Gasteiger partial charge in [0.05, 0.1) is 20.3 Å². The van der Waals surface area contributed by atoms with Gasteiger partial charge >= 0.3 is 0 Å². The van der Waals surface area contributed by atoms with Crippen molar-refractivity contribution in [2.24, 2.45) is 16.6 Å². The number of ether oxygens (including phenoxy) is 2. The molecule has 23 heavy (non-hydrogen) atoms. The van der Waals surface area contributed by atoms with Crippen LogP contribution in [0.1, 0.15) is 6.42 Å². The first-order valence-corrected chi connectivity index (χ1v) is 8.28. The Morgan fingerprint density at radius 1 is 1.35 bits per heavy atom. The Kier molecular flexibility index (Phi) is 5.23. The van der Waals surface area contributed by atoms with Gasteiger partial charge in [-0.05, 0) is 24.5 Å². The number of hydrogen-bond donors (Lipinski definition) is 1. The van der Waals surface area contributed by atoms with E-state index in [0.717, 1.165) is 58.1 Å². The smallest absolute Gasteiger partial charge is 0.191 e. The number of morpholine rings is 1. The summed E-state index contributed by atoms with van der Waals surface area (Å²) in [7, 11) is 1.70. The van der Waals surface area contributed by atoms with E-state index in [1.54, 1.807) is 7.11 Å². The number of benzene rings is 1. The molecule has 0 amide bonds. The second kappa shape index (κ2) is 7.55. The Morgan fingerprint density at radius 2 is 2.17 bits per heavy atom. The van der Waals surface area contributed by atoms with Crippen LogP contribution in [0.2, 0.25) is 0 Å². The fraction of sp³-hybridized carbons (Fsp3) is 0.588. The number of aliphatic imine (C=N–C) groups is 1. The van der Waals surface area contributed by atoms with Crippen LogP contribution in [-0.4, -0.2) is 63.9 Å². The second-order valence-corrected chi connectivity index (χ2v) is 6.10. The summed E-state index contributed by atoms with van der Waals surface area (Å²) in [5.41, 5.74) is 7.32. The number of hydrogen-bond acceptors (Lipinski definition) is 4. The summed E-state index contributed by atoms with van der Waals surface area (Å²) >= 11 is 0. The van der Waals surface area contributed by atoms with Gasteiger partial charge in [-0.25, -0.2) is 0 Å². The van der Waals surface area contributed by atoms with Gasteiger partial charge in [-0.3, -0.25) is 4.99 Å². The molecular weight excluding hydrogens is 292 g/mol. The van der Waals surface area contributed by atoms with Crippen molar-refractivity contribution in [1.82, 2.24) is 4.90 Å². The topological polar surface area (TPSA) is 63.3 Å². The summed E-state index contributed by atoms with van der Waals surface area (Å²) in [6, 6.07) is 8.24. The zero-order valence-corrected chi connectivity index (χ0v) is 13.8. The average molecular weight is 318 g/mol. The molecule has 6 heteroatoms. The highest BCUT2D eigenvalue weighted by molar-refractivity contribution is 5.78. The lowest BCUT2D eigenvalue weighted by Gasteiger charge is -2.27. The summed E-state index contributed by atoms with van der Waals surface area (Å²) in [6.07, 6.45) is 1.15. The maximum Gasteiger partial charge on any atom is 0.191 e. The van der Waals surface area contributed by atoms with Gasteiger partial charge in [-0.15, -0.1) is 0 Å². The van der Waals surface area contributed by atoms with Gasteiger partial charge in [-0.2, -0.15) is 0 Å². The molecule has 1 aromatic rings. The predicted molar refractivity (Wildman–Crippen MR) is 92.2 cm³/mol. The highest BCUT2D eigenvalue weighted by Crippen LogP contribution is 2.27. The fourth-order valence-corrected chi connectivity index (χ4v) is 3.14. The van der Waals surface area contributed by atoms with Gasteiger partial charge in [0.15, 0.2) is 5.96 Å². The minimum absolute atomic E-state index is 0.556. The predicted octanol–water partition coefficient (Wildman–Crippen LogP) is 1.17. The first kappa shape index (κ1) is 15.9. The molecule has 0 bridgehead atoms. The fourth-order valence-electron chi connectivity index (χ4n) is 3.14. The molecule has 2 fully saturated rings. The van der Waals surface area contributed by atoms with Crippen LogP contribution in [0, 0.1) is 5.92 Å². The molecule has 1 atom stereocenters. The Labute approximate surface area is 137 Å². The summed E-state index contributed by atoms with van der Waals surface area (Å²) in [5.74, 6) is 2.12. The molecule has 2 saturated heterocycles. The maximum absolute atomic E-state index is 6.10. The van der Waals surface area contributed by atoms with Crippen molar-refractivity contribution in [2.75, 3.05) is 57.9 Å². The van der Waals surface area contributed by atoms with E-state index in [0.29, 0.717) is 11.9 Å². The molecule has 2 N–H and O–H groups in total. The summed E-state index contributed by atoms with van der Waals surface area (Å²) < 4.78 is 10.6. The van der Waals surface area contributed by atoms with Gasteiger partial charge in [0.1, 0.15) is 5.75 Å². The highest BCUT2D eigenvalue weighted by atomic mass is 16.5. The van der Waals surface area contributed by atoms with Crippen LogP contribution in [0.3, 0.4) is 0 Å². The van der Waals surface area contributed by atoms with Gasteiger partial charge in [0.25, 0.3) is 0 Å². The molecule has 0 aliphatic carbocycles. The molecule has 0 saturated carbocycles. The Balaban J connectivity index is 1.53. The van der Waals surface area contributed by atoms with Gasteiger partial charge < -0.3 is 25.0 Å². The highest BCUT2D eigenvalue weighted by Gasteiger charge is 2.23. The average Bonchev–Trinajstić information content (AvgIpc) is 3.09. The van der Waals surface area contributed by atoms with Crippen LogP contribution in [0.4, 0.5) is 5.69 Å². The number of anilines is 1. The molecule has 0 aromatic heterocycles. The van der Waals surface area contributed by atoms with Crippen LogP contribution >= 0.6 is 0 Å². The Morgan fingerprint density at radius 3 is 2.96 bits per heavy atom. The van der Waals surface area contributed by atoms with E-state index in [9.17, 15) is 0 Å². The van der Waals surface area contributed by atoms with Crippen molar-refractivity contribution in [3.05, 3.63) is 24.3 Å². The van der Waals surface area contributed by atoms with E-state index < -0.39 is 0 Å². The Hall–Kier alpha value is -1.95. The zero-order chi connectivity index (χ0) is 16.1. The molecule has 126 valence electrons. The van der Waals surface area contributed by atoms with Crippen molar-refractivity contribution < 1.29 is 9.47 Å². The van der Waals surface area contributed by atoms with Crippen molar-refractivity contribution in [1.29, 1.82) is 0 Å². The van der Waals surface area contributed by atoms with E-state index in [4.69, 9.17) is 15.2 Å². The standard InChI is InChI=1S/C17H26N4O2/c1-22-16-4-2-3-15(11-16)21-6-5-14(13-21)12-19-17(18)20-7-9-23-10-8-20/h2-4,11,14H,5-10,12-13H2,1H3,(H2,18,19). The number of rotatable bonds is 4. The first-order chi connectivity index (χ1) is 11.3. The third-order valence-corrected chi connectivity index (χ3v) is 4.55. The molecular formula is C17H26N4O2. The number of methoxy groups -OCH3 is 1. The van der Waals surface area contributed by atoms with Crippen LogP contribution in [0.25, 0.3) is 0 Å². The SMILES string of the molecule is COc1cccc(N2CCC(CN=C(N)N3CCOCC3)C2)c1. The summed E-state index contributed by atoms with van der Waals surface area (Å²) in [6.45, 7) is 6.04. The number of nitrogens with two attached hydrogens (primary N) is 1. The third kappa shape index (κ3) is 4.07. The van der Waals surface area contributed by atoms with Crippen LogP contribution in [0.5, 0.6) is 5.75 Å². The minimum Gasteiger partial charge on any atom is -0.497 e. The largest absolute Gasteiger partial charge is 0.497 e. The first-order valence-electron chi connectivity index (χ1n) is 8.28. The van der Waals surface area contributed by atoms with Crippen molar-refractivity contribution in [3.63, 3.8) is 0 Å². The lowest BCUT2D eigenvalue weighted by atomic mass is 10.1. The van der Waals surface area contributed by atoms with Gasteiger partial charge in [-0.1, -0.05) is 6.07 Å². The van der Waals surface area contributed by atoms with Crippen LogP contribution in [-0.2, 0) is 4.74 Å². The van der Waals surface area contributed by atoms with Crippen molar-refractivity contribution in [2.45, 2.75) is 6.42 Å². The van der Waals surface area contributed by atoms with E-state index in [-0.39, 0.29) is 0 Å². The zero-order valence-electron chi connectivity index (χ0n) is 13.8. The third-order valence-electron chi connectivity index (χ3n) is 4.55. The molecule has 3 rings (SSSR count). The molecule has 1 aromatic carbocycles. The molecule has 0 spiro atoms. The number of guanidine groups is 1. The molecule has 2 aliphatic rings. The molecule has 0 radical (unpaired) electrons.